The van der Waals surface area contributed by atoms with Gasteiger partial charge >= 0.3 is 18.5 Å². The summed E-state index contributed by atoms with van der Waals surface area (Å²) in [6.45, 7) is 0. The van der Waals surface area contributed by atoms with Crippen molar-refractivity contribution in [2.45, 2.75) is 43.5 Å². The van der Waals surface area contributed by atoms with E-state index in [-0.39, 0.29) is 12.1 Å². The van der Waals surface area contributed by atoms with E-state index in [1.165, 1.54) is 5.32 Å². The summed E-state index contributed by atoms with van der Waals surface area (Å²) in [5.74, 6) is -2.46. The Balaban J connectivity index is 1.82. The summed E-state index contributed by atoms with van der Waals surface area (Å²) in [6, 6.07) is -0.367. The number of carbonyl (C=O) groups is 2. The Morgan fingerprint density at radius 3 is 2.19 bits per heavy atom. The molecule has 2 N–H and O–H groups in total. The number of benzene rings is 1. The quantitative estimate of drug-likeness (QED) is 0.390. The SMILES string of the molecule is O=C(/C=C/c1cc(C(F)(F)F)c(C(=O)NC2CC2)cn1)NC(c1cccc(C(F)(F)F)c1)C(F)(F)F. The molecule has 1 aliphatic carbocycles. The Kier molecular flexibility index (Phi) is 7.37. The van der Waals surface area contributed by atoms with Crippen LogP contribution in [0.15, 0.2) is 42.6 Å². The van der Waals surface area contributed by atoms with Crippen molar-refractivity contribution in [2.24, 2.45) is 0 Å². The zero-order chi connectivity index (χ0) is 26.9. The Labute approximate surface area is 197 Å². The highest BCUT2D eigenvalue weighted by Gasteiger charge is 2.43. The molecule has 0 bridgehead atoms. The maximum Gasteiger partial charge on any atom is 0.417 e. The molecule has 1 saturated carbocycles. The number of nitrogens with one attached hydrogen (secondary N) is 2. The molecule has 1 fully saturated rings. The van der Waals surface area contributed by atoms with Gasteiger partial charge in [-0.3, -0.25) is 14.6 Å². The molecule has 3 rings (SSSR count). The van der Waals surface area contributed by atoms with Crippen molar-refractivity contribution in [2.75, 3.05) is 0 Å². The van der Waals surface area contributed by atoms with Gasteiger partial charge in [-0.25, -0.2) is 0 Å². The maximum atomic E-state index is 13.5. The van der Waals surface area contributed by atoms with Crippen molar-refractivity contribution >= 4 is 17.9 Å². The Morgan fingerprint density at radius 2 is 1.64 bits per heavy atom. The fourth-order valence-electron chi connectivity index (χ4n) is 3.07. The molecule has 1 aromatic heterocycles. The molecule has 1 aliphatic rings. The molecule has 1 aromatic carbocycles. The lowest BCUT2D eigenvalue weighted by Crippen LogP contribution is -2.37. The lowest BCUT2D eigenvalue weighted by molar-refractivity contribution is -0.162. The molecular formula is C22H16F9N3O2. The highest BCUT2D eigenvalue weighted by Crippen LogP contribution is 2.36. The van der Waals surface area contributed by atoms with Crippen LogP contribution in [0.3, 0.4) is 0 Å². The molecule has 2 amide bonds. The molecule has 0 spiro atoms. The predicted molar refractivity (Wildman–Crippen MR) is 107 cm³/mol. The minimum absolute atomic E-state index is 0.227. The van der Waals surface area contributed by atoms with Gasteiger partial charge in [0.05, 0.1) is 22.4 Å². The van der Waals surface area contributed by atoms with Gasteiger partial charge in [0, 0.05) is 18.3 Å². The van der Waals surface area contributed by atoms with E-state index < -0.39 is 64.3 Å². The molecule has 194 valence electrons. The molecule has 1 atom stereocenters. The normalized spacial score (nSPS) is 15.6. The van der Waals surface area contributed by atoms with Crippen molar-refractivity contribution in [3.8, 4) is 0 Å². The van der Waals surface area contributed by atoms with E-state index in [1.54, 1.807) is 0 Å². The first kappa shape index (κ1) is 27.0. The number of alkyl halides is 9. The van der Waals surface area contributed by atoms with Crippen molar-refractivity contribution in [1.29, 1.82) is 0 Å². The van der Waals surface area contributed by atoms with Gasteiger partial charge in [0.2, 0.25) is 5.91 Å². The summed E-state index contributed by atoms with van der Waals surface area (Å²) in [5, 5.41) is 3.87. The van der Waals surface area contributed by atoms with Gasteiger partial charge in [-0.05, 0) is 42.7 Å². The van der Waals surface area contributed by atoms with E-state index in [1.807, 2.05) is 0 Å². The average Bonchev–Trinajstić information content (AvgIpc) is 3.58. The molecule has 1 unspecified atom stereocenters. The van der Waals surface area contributed by atoms with Gasteiger partial charge in [-0.2, -0.15) is 39.5 Å². The molecule has 0 saturated heterocycles. The van der Waals surface area contributed by atoms with Crippen LogP contribution in [-0.4, -0.2) is 29.0 Å². The molecular weight excluding hydrogens is 509 g/mol. The topological polar surface area (TPSA) is 71.1 Å². The zero-order valence-corrected chi connectivity index (χ0v) is 17.9. The molecule has 2 aromatic rings. The lowest BCUT2D eigenvalue weighted by Gasteiger charge is -2.22. The zero-order valence-electron chi connectivity index (χ0n) is 17.9. The largest absolute Gasteiger partial charge is 0.417 e. The van der Waals surface area contributed by atoms with E-state index in [4.69, 9.17) is 0 Å². The van der Waals surface area contributed by atoms with Crippen LogP contribution in [0.25, 0.3) is 6.08 Å². The van der Waals surface area contributed by atoms with Gasteiger partial charge in [0.15, 0.2) is 6.04 Å². The predicted octanol–water partition coefficient (Wildman–Crippen LogP) is 5.44. The van der Waals surface area contributed by atoms with Crippen molar-refractivity contribution < 1.29 is 49.1 Å². The molecule has 36 heavy (non-hydrogen) atoms. The number of nitrogens with zero attached hydrogens (tertiary/aromatic N) is 1. The van der Waals surface area contributed by atoms with Crippen LogP contribution in [0.5, 0.6) is 0 Å². The second kappa shape index (κ2) is 9.82. The van der Waals surface area contributed by atoms with Gasteiger partial charge in [-0.1, -0.05) is 12.1 Å². The third-order valence-corrected chi connectivity index (χ3v) is 4.95. The van der Waals surface area contributed by atoms with Crippen molar-refractivity contribution in [1.82, 2.24) is 15.6 Å². The maximum absolute atomic E-state index is 13.5. The van der Waals surface area contributed by atoms with Crippen LogP contribution >= 0.6 is 0 Å². The monoisotopic (exact) mass is 525 g/mol. The molecule has 1 heterocycles. The number of carbonyl (C=O) groups excluding carboxylic acids is 2. The van der Waals surface area contributed by atoms with Gasteiger partial charge in [-0.15, -0.1) is 0 Å². The molecule has 14 heteroatoms. The summed E-state index contributed by atoms with van der Waals surface area (Å²) in [7, 11) is 0. The highest BCUT2D eigenvalue weighted by molar-refractivity contribution is 5.96. The number of halogens is 9. The van der Waals surface area contributed by atoms with E-state index in [2.05, 4.69) is 10.3 Å². The van der Waals surface area contributed by atoms with Crippen LogP contribution in [0.4, 0.5) is 39.5 Å². The van der Waals surface area contributed by atoms with E-state index in [0.29, 0.717) is 43.3 Å². The standard InChI is InChI=1S/C22H16F9N3O2/c23-20(24,25)12-3-1-2-11(8-12)18(22(29,30)31)34-17(35)7-6-14-9-16(21(26,27)28)15(10-32-14)19(36)33-13-4-5-13/h1-3,6-10,13,18H,4-5H2,(H,33,36)(H,34,35)/b7-6+. The third-order valence-electron chi connectivity index (χ3n) is 4.95. The van der Waals surface area contributed by atoms with Crippen LogP contribution in [-0.2, 0) is 17.1 Å². The molecule has 5 nitrogen and oxygen atoms in total. The van der Waals surface area contributed by atoms with Gasteiger partial charge in [0.1, 0.15) is 0 Å². The second-order valence-electron chi connectivity index (χ2n) is 7.84. The average molecular weight is 525 g/mol. The molecule has 0 aliphatic heterocycles. The first-order chi connectivity index (χ1) is 16.6. The Hall–Kier alpha value is -3.58. The smallest absolute Gasteiger partial charge is 0.349 e. The summed E-state index contributed by atoms with van der Waals surface area (Å²) in [6.07, 6.45) is -12.1. The van der Waals surface area contributed by atoms with Crippen molar-refractivity contribution in [3.63, 3.8) is 0 Å². The number of hydrogen-bond acceptors (Lipinski definition) is 3. The van der Waals surface area contributed by atoms with Crippen LogP contribution < -0.4 is 10.6 Å². The number of rotatable bonds is 6. The third kappa shape index (κ3) is 6.98. The minimum atomic E-state index is -5.19. The second-order valence-corrected chi connectivity index (χ2v) is 7.84. The van der Waals surface area contributed by atoms with Crippen LogP contribution in [0.1, 0.15) is 51.6 Å². The number of aromatic nitrogens is 1. The first-order valence-electron chi connectivity index (χ1n) is 10.2. The Bertz CT molecular complexity index is 1170. The summed E-state index contributed by atoms with van der Waals surface area (Å²) in [5.41, 5.74) is -4.90. The van der Waals surface area contributed by atoms with Crippen LogP contribution in [0, 0.1) is 0 Å². The fraction of sp³-hybridized carbons (Fsp3) is 0.318. The summed E-state index contributed by atoms with van der Waals surface area (Å²) < 4.78 is 119. The van der Waals surface area contributed by atoms with Gasteiger partial charge < -0.3 is 10.6 Å². The number of hydrogen-bond donors (Lipinski definition) is 2. The fourth-order valence-corrected chi connectivity index (χ4v) is 3.07. The van der Waals surface area contributed by atoms with E-state index in [9.17, 15) is 49.1 Å². The van der Waals surface area contributed by atoms with E-state index >= 15 is 0 Å². The number of pyridine rings is 1. The van der Waals surface area contributed by atoms with Crippen molar-refractivity contribution in [3.05, 3.63) is 70.6 Å². The Morgan fingerprint density at radius 1 is 0.972 bits per heavy atom. The summed E-state index contributed by atoms with van der Waals surface area (Å²) >= 11 is 0. The highest BCUT2D eigenvalue weighted by atomic mass is 19.4. The summed E-state index contributed by atoms with van der Waals surface area (Å²) in [4.78, 5) is 27.8. The number of amides is 2. The van der Waals surface area contributed by atoms with E-state index in [0.717, 1.165) is 12.1 Å². The first-order valence-corrected chi connectivity index (χ1v) is 10.2. The minimum Gasteiger partial charge on any atom is -0.349 e. The van der Waals surface area contributed by atoms with Gasteiger partial charge in [0.25, 0.3) is 5.91 Å². The lowest BCUT2D eigenvalue weighted by atomic mass is 10.0. The van der Waals surface area contributed by atoms with Crippen LogP contribution in [0.2, 0.25) is 0 Å². The molecule has 0 radical (unpaired) electrons.